The number of aliphatic hydroxyl groups excluding tert-OH is 1. The van der Waals surface area contributed by atoms with Crippen molar-refractivity contribution in [2.24, 2.45) is 0 Å². The number of aliphatic hydroxyl groups is 1. The van der Waals surface area contributed by atoms with Gasteiger partial charge in [-0.1, -0.05) is 18.5 Å². The first-order chi connectivity index (χ1) is 7.40. The topological polar surface area (TPSA) is 66.4 Å². The van der Waals surface area contributed by atoms with Crippen molar-refractivity contribution in [2.75, 3.05) is 6.61 Å². The Morgan fingerprint density at radius 1 is 1.69 bits per heavy atom. The molecule has 1 aromatic rings. The fourth-order valence-electron chi connectivity index (χ4n) is 0.986. The van der Waals surface area contributed by atoms with E-state index in [1.807, 2.05) is 0 Å². The number of halogens is 2. The zero-order valence-corrected chi connectivity index (χ0v) is 12.4. The van der Waals surface area contributed by atoms with Crippen LogP contribution in [0, 0.1) is 0 Å². The quantitative estimate of drug-likeness (QED) is 0.857. The van der Waals surface area contributed by atoms with Crippen LogP contribution in [0.1, 0.15) is 13.3 Å². The SMILES string of the molecule is CC[C@@H](CO)NS(=O)(=O)c1cc(Cl)c(Br)s1. The van der Waals surface area contributed by atoms with Crippen LogP contribution in [-0.4, -0.2) is 26.2 Å². The molecule has 0 spiro atoms. The predicted octanol–water partition coefficient (Wildman–Crippen LogP) is 2.21. The van der Waals surface area contributed by atoms with E-state index in [4.69, 9.17) is 16.7 Å². The molecule has 0 amide bonds. The first-order valence-electron chi connectivity index (χ1n) is 4.48. The second-order valence-electron chi connectivity index (χ2n) is 3.10. The summed E-state index contributed by atoms with van der Waals surface area (Å²) >= 11 is 9.95. The molecule has 0 aromatic carbocycles. The van der Waals surface area contributed by atoms with Crippen LogP contribution in [0.15, 0.2) is 14.1 Å². The van der Waals surface area contributed by atoms with E-state index in [1.165, 1.54) is 6.07 Å². The van der Waals surface area contributed by atoms with E-state index in [0.29, 0.717) is 15.2 Å². The van der Waals surface area contributed by atoms with Gasteiger partial charge in [0.05, 0.1) is 15.4 Å². The van der Waals surface area contributed by atoms with Gasteiger partial charge in [0.1, 0.15) is 4.21 Å². The van der Waals surface area contributed by atoms with E-state index in [1.54, 1.807) is 6.92 Å². The maximum Gasteiger partial charge on any atom is 0.250 e. The van der Waals surface area contributed by atoms with Gasteiger partial charge in [0.2, 0.25) is 10.0 Å². The van der Waals surface area contributed by atoms with Gasteiger partial charge in [-0.15, -0.1) is 11.3 Å². The molecule has 0 saturated heterocycles. The number of rotatable bonds is 5. The first kappa shape index (κ1) is 14.4. The van der Waals surface area contributed by atoms with Crippen LogP contribution in [0.25, 0.3) is 0 Å². The molecule has 1 aromatic heterocycles. The fourth-order valence-corrected chi connectivity index (χ4v) is 4.71. The predicted molar refractivity (Wildman–Crippen MR) is 68.5 cm³/mol. The van der Waals surface area contributed by atoms with Crippen molar-refractivity contribution in [2.45, 2.75) is 23.6 Å². The standard InChI is InChI=1S/C8H11BrClNO3S2/c1-2-5(4-12)11-16(13,14)7-3-6(10)8(9)15-7/h3,5,11-12H,2,4H2,1H3/t5-/m0/s1. The third-order valence-corrected chi connectivity index (χ3v) is 6.39. The van der Waals surface area contributed by atoms with Gasteiger partial charge in [-0.25, -0.2) is 13.1 Å². The van der Waals surface area contributed by atoms with Gasteiger partial charge in [-0.05, 0) is 28.4 Å². The molecule has 0 fully saturated rings. The molecule has 0 aliphatic heterocycles. The van der Waals surface area contributed by atoms with E-state index in [9.17, 15) is 8.42 Å². The highest BCUT2D eigenvalue weighted by Crippen LogP contribution is 2.34. The Hall–Kier alpha value is 0.340. The second kappa shape index (κ2) is 5.79. The summed E-state index contributed by atoms with van der Waals surface area (Å²) < 4.78 is 26.8. The van der Waals surface area contributed by atoms with Crippen molar-refractivity contribution in [1.82, 2.24) is 4.72 Å². The zero-order chi connectivity index (χ0) is 12.3. The Kier molecular flexibility index (Phi) is 5.21. The molecule has 1 atom stereocenters. The summed E-state index contributed by atoms with van der Waals surface area (Å²) in [5.41, 5.74) is 0. The Bertz CT molecular complexity index is 436. The van der Waals surface area contributed by atoms with E-state index in [2.05, 4.69) is 20.7 Å². The number of thiophene rings is 1. The lowest BCUT2D eigenvalue weighted by Gasteiger charge is -2.12. The van der Waals surface area contributed by atoms with Crippen molar-refractivity contribution in [1.29, 1.82) is 0 Å². The van der Waals surface area contributed by atoms with Gasteiger partial charge in [0, 0.05) is 6.04 Å². The van der Waals surface area contributed by atoms with Gasteiger partial charge in [-0.3, -0.25) is 0 Å². The molecule has 1 heterocycles. The lowest BCUT2D eigenvalue weighted by Crippen LogP contribution is -2.36. The highest BCUT2D eigenvalue weighted by molar-refractivity contribution is 9.11. The molecular formula is C8H11BrClNO3S2. The molecule has 0 saturated carbocycles. The first-order valence-corrected chi connectivity index (χ1v) is 7.95. The van der Waals surface area contributed by atoms with Crippen LogP contribution >= 0.6 is 38.9 Å². The average molecular weight is 349 g/mol. The highest BCUT2D eigenvalue weighted by Gasteiger charge is 2.21. The lowest BCUT2D eigenvalue weighted by molar-refractivity contribution is 0.254. The molecule has 92 valence electrons. The molecule has 2 N–H and O–H groups in total. The molecule has 16 heavy (non-hydrogen) atoms. The summed E-state index contributed by atoms with van der Waals surface area (Å²) in [6.45, 7) is 1.57. The molecule has 0 aliphatic rings. The third kappa shape index (κ3) is 3.41. The van der Waals surface area contributed by atoms with E-state index < -0.39 is 16.1 Å². The van der Waals surface area contributed by atoms with Crippen molar-refractivity contribution >= 4 is 48.9 Å². The smallest absolute Gasteiger partial charge is 0.250 e. The Labute approximate surface area is 112 Å². The fraction of sp³-hybridized carbons (Fsp3) is 0.500. The molecule has 0 radical (unpaired) electrons. The van der Waals surface area contributed by atoms with E-state index >= 15 is 0 Å². The Balaban J connectivity index is 2.94. The average Bonchev–Trinajstić information content (AvgIpc) is 2.56. The van der Waals surface area contributed by atoms with Crippen molar-refractivity contribution in [3.05, 3.63) is 14.9 Å². The lowest BCUT2D eigenvalue weighted by atomic mass is 10.3. The summed E-state index contributed by atoms with van der Waals surface area (Å²) in [4.78, 5) is 0. The molecule has 0 aliphatic carbocycles. The van der Waals surface area contributed by atoms with Crippen LogP contribution in [0.2, 0.25) is 5.02 Å². The number of hydrogen-bond donors (Lipinski definition) is 2. The summed E-state index contributed by atoms with van der Waals surface area (Å²) in [5.74, 6) is 0. The Morgan fingerprint density at radius 3 is 2.69 bits per heavy atom. The minimum absolute atomic E-state index is 0.135. The van der Waals surface area contributed by atoms with Crippen LogP contribution < -0.4 is 4.72 Å². The van der Waals surface area contributed by atoms with Gasteiger partial charge >= 0.3 is 0 Å². The van der Waals surface area contributed by atoms with Crippen LogP contribution in [0.5, 0.6) is 0 Å². The maximum absolute atomic E-state index is 11.8. The number of sulfonamides is 1. The van der Waals surface area contributed by atoms with Crippen molar-refractivity contribution < 1.29 is 13.5 Å². The molecule has 1 rings (SSSR count). The zero-order valence-electron chi connectivity index (χ0n) is 8.41. The second-order valence-corrected chi connectivity index (χ2v) is 7.81. The summed E-state index contributed by atoms with van der Waals surface area (Å²) in [6.07, 6.45) is 0.524. The van der Waals surface area contributed by atoms with Gasteiger partial charge in [0.15, 0.2) is 0 Å². The summed E-state index contributed by atoms with van der Waals surface area (Å²) in [5, 5.41) is 9.30. The van der Waals surface area contributed by atoms with E-state index in [-0.39, 0.29) is 10.8 Å². The minimum Gasteiger partial charge on any atom is -0.395 e. The monoisotopic (exact) mass is 347 g/mol. The molecule has 0 unspecified atom stereocenters. The van der Waals surface area contributed by atoms with Crippen LogP contribution in [0.3, 0.4) is 0 Å². The van der Waals surface area contributed by atoms with Crippen LogP contribution in [0.4, 0.5) is 0 Å². The van der Waals surface area contributed by atoms with E-state index in [0.717, 1.165) is 11.3 Å². The summed E-state index contributed by atoms with van der Waals surface area (Å²) in [7, 11) is -3.59. The van der Waals surface area contributed by atoms with Gasteiger partial charge < -0.3 is 5.11 Å². The Morgan fingerprint density at radius 2 is 2.31 bits per heavy atom. The van der Waals surface area contributed by atoms with Gasteiger partial charge in [0.25, 0.3) is 0 Å². The van der Waals surface area contributed by atoms with Crippen LogP contribution in [-0.2, 0) is 10.0 Å². The van der Waals surface area contributed by atoms with Crippen molar-refractivity contribution in [3.8, 4) is 0 Å². The largest absolute Gasteiger partial charge is 0.395 e. The maximum atomic E-state index is 11.8. The normalized spacial score (nSPS) is 14.0. The molecule has 8 heteroatoms. The van der Waals surface area contributed by atoms with Crippen molar-refractivity contribution in [3.63, 3.8) is 0 Å². The molecule has 0 bridgehead atoms. The third-order valence-electron chi connectivity index (χ3n) is 1.92. The van der Waals surface area contributed by atoms with Gasteiger partial charge in [-0.2, -0.15) is 0 Å². The molecular weight excluding hydrogens is 338 g/mol. The highest BCUT2D eigenvalue weighted by atomic mass is 79.9. The summed E-state index contributed by atoms with van der Waals surface area (Å²) in [6, 6.07) is 0.910. The molecule has 4 nitrogen and oxygen atoms in total. The number of nitrogens with one attached hydrogen (secondary N) is 1. The number of hydrogen-bond acceptors (Lipinski definition) is 4. The minimum atomic E-state index is -3.59.